The normalized spacial score (nSPS) is 20.0. The molecule has 1 aliphatic rings. The van der Waals surface area contributed by atoms with E-state index in [1.54, 1.807) is 22.5 Å². The van der Waals surface area contributed by atoms with Crippen LogP contribution in [0.3, 0.4) is 0 Å². The molecule has 6 heteroatoms. The maximum atomic E-state index is 11.8. The minimum atomic E-state index is -0.245. The van der Waals surface area contributed by atoms with Gasteiger partial charge in [0.2, 0.25) is 0 Å². The van der Waals surface area contributed by atoms with Crippen molar-refractivity contribution in [1.82, 2.24) is 9.55 Å². The standard InChI is InChI=1S/C10H15N3O2S/c1-3-12(2)8-4-5-13(10(14)11-8)9-6-16-7-15-9/h4-5,9H,3,6-7H2,1-2H3/t9-/m0/s1. The van der Waals surface area contributed by atoms with E-state index in [0.29, 0.717) is 11.8 Å². The lowest BCUT2D eigenvalue weighted by Gasteiger charge is -2.17. The van der Waals surface area contributed by atoms with Crippen molar-refractivity contribution in [1.29, 1.82) is 0 Å². The van der Waals surface area contributed by atoms with Crippen molar-refractivity contribution in [2.45, 2.75) is 13.2 Å². The Kier molecular flexibility index (Phi) is 3.50. The van der Waals surface area contributed by atoms with Crippen molar-refractivity contribution >= 4 is 17.6 Å². The van der Waals surface area contributed by atoms with Gasteiger partial charge in [-0.1, -0.05) is 0 Å². The SMILES string of the molecule is CCN(C)c1ccn([C@@H]2CSCO2)c(=O)n1. The highest BCUT2D eigenvalue weighted by Gasteiger charge is 2.19. The van der Waals surface area contributed by atoms with Gasteiger partial charge in [-0.15, -0.1) is 11.8 Å². The highest BCUT2D eigenvalue weighted by atomic mass is 32.2. The number of anilines is 1. The third-order valence-electron chi connectivity index (χ3n) is 2.60. The van der Waals surface area contributed by atoms with Crippen molar-refractivity contribution in [2.75, 3.05) is 30.2 Å². The van der Waals surface area contributed by atoms with E-state index in [1.807, 2.05) is 24.9 Å². The van der Waals surface area contributed by atoms with Crippen LogP contribution >= 0.6 is 11.8 Å². The van der Waals surface area contributed by atoms with Crippen molar-refractivity contribution in [3.8, 4) is 0 Å². The highest BCUT2D eigenvalue weighted by molar-refractivity contribution is 7.99. The molecule has 0 spiro atoms. The minimum Gasteiger partial charge on any atom is -0.360 e. The summed E-state index contributed by atoms with van der Waals surface area (Å²) < 4.78 is 6.97. The topological polar surface area (TPSA) is 47.4 Å². The number of nitrogens with zero attached hydrogens (tertiary/aromatic N) is 3. The molecule has 0 saturated carbocycles. The molecule has 16 heavy (non-hydrogen) atoms. The smallest absolute Gasteiger partial charge is 0.351 e. The summed E-state index contributed by atoms with van der Waals surface area (Å²) in [5.41, 5.74) is -0.245. The van der Waals surface area contributed by atoms with E-state index >= 15 is 0 Å². The van der Waals surface area contributed by atoms with Gasteiger partial charge in [0, 0.05) is 25.5 Å². The van der Waals surface area contributed by atoms with Crippen molar-refractivity contribution in [3.05, 3.63) is 22.7 Å². The molecule has 5 nitrogen and oxygen atoms in total. The van der Waals surface area contributed by atoms with Gasteiger partial charge in [0.05, 0.1) is 5.94 Å². The van der Waals surface area contributed by atoms with Crippen molar-refractivity contribution in [2.24, 2.45) is 0 Å². The van der Waals surface area contributed by atoms with E-state index in [9.17, 15) is 4.79 Å². The lowest BCUT2D eigenvalue weighted by atomic mass is 10.5. The van der Waals surface area contributed by atoms with Crippen molar-refractivity contribution in [3.63, 3.8) is 0 Å². The Morgan fingerprint density at radius 2 is 2.56 bits per heavy atom. The van der Waals surface area contributed by atoms with Crippen LogP contribution in [-0.2, 0) is 4.74 Å². The van der Waals surface area contributed by atoms with Gasteiger partial charge in [0.25, 0.3) is 0 Å². The molecule has 2 rings (SSSR count). The fraction of sp³-hybridized carbons (Fsp3) is 0.600. The molecule has 88 valence electrons. The van der Waals surface area contributed by atoms with E-state index in [4.69, 9.17) is 4.74 Å². The molecule has 0 aromatic carbocycles. The van der Waals surface area contributed by atoms with Gasteiger partial charge in [0.1, 0.15) is 12.0 Å². The summed E-state index contributed by atoms with van der Waals surface area (Å²) in [5, 5.41) is 0. The van der Waals surface area contributed by atoms with Crippen LogP contribution in [0.15, 0.2) is 17.1 Å². The zero-order valence-electron chi connectivity index (χ0n) is 9.42. The first kappa shape index (κ1) is 11.5. The Labute approximate surface area is 98.4 Å². The summed E-state index contributed by atoms with van der Waals surface area (Å²) in [5.74, 6) is 2.16. The predicted molar refractivity (Wildman–Crippen MR) is 64.9 cm³/mol. The number of hydrogen-bond donors (Lipinski definition) is 0. The third-order valence-corrected chi connectivity index (χ3v) is 3.42. The lowest BCUT2D eigenvalue weighted by molar-refractivity contribution is 0.0639. The van der Waals surface area contributed by atoms with Crippen LogP contribution < -0.4 is 10.6 Å². The van der Waals surface area contributed by atoms with Gasteiger partial charge in [-0.3, -0.25) is 4.57 Å². The summed E-state index contributed by atoms with van der Waals surface area (Å²) in [6, 6.07) is 1.84. The number of ether oxygens (including phenoxy) is 1. The summed E-state index contributed by atoms with van der Waals surface area (Å²) >= 11 is 1.68. The van der Waals surface area contributed by atoms with E-state index in [0.717, 1.165) is 12.3 Å². The van der Waals surface area contributed by atoms with E-state index in [-0.39, 0.29) is 11.9 Å². The van der Waals surface area contributed by atoms with Gasteiger partial charge in [-0.2, -0.15) is 4.98 Å². The molecule has 0 bridgehead atoms. The monoisotopic (exact) mass is 241 g/mol. The average Bonchev–Trinajstić information content (AvgIpc) is 2.81. The zero-order valence-corrected chi connectivity index (χ0v) is 10.2. The number of rotatable bonds is 3. The molecule has 1 fully saturated rings. The first-order valence-corrected chi connectivity index (χ1v) is 6.37. The molecule has 1 atom stereocenters. The Morgan fingerprint density at radius 3 is 3.12 bits per heavy atom. The molecule has 0 unspecified atom stereocenters. The Balaban J connectivity index is 2.26. The molecule has 0 aliphatic carbocycles. The van der Waals surface area contributed by atoms with Crippen LogP contribution in [-0.4, -0.2) is 34.8 Å². The number of hydrogen-bond acceptors (Lipinski definition) is 5. The molecule has 0 radical (unpaired) electrons. The summed E-state index contributed by atoms with van der Waals surface area (Å²) in [6.45, 7) is 2.84. The Morgan fingerprint density at radius 1 is 1.75 bits per heavy atom. The maximum Gasteiger partial charge on any atom is 0.351 e. The average molecular weight is 241 g/mol. The highest BCUT2D eigenvalue weighted by Crippen LogP contribution is 2.23. The first-order valence-electron chi connectivity index (χ1n) is 5.22. The Hall–Kier alpha value is -1.01. The molecule has 1 aromatic rings. The molecular formula is C10H15N3O2S. The van der Waals surface area contributed by atoms with Gasteiger partial charge >= 0.3 is 5.69 Å². The van der Waals surface area contributed by atoms with Crippen molar-refractivity contribution < 1.29 is 4.74 Å². The predicted octanol–water partition coefficient (Wildman–Crippen LogP) is 0.919. The second kappa shape index (κ2) is 4.88. The molecule has 0 N–H and O–H groups in total. The minimum absolute atomic E-state index is 0.161. The number of thioether (sulfide) groups is 1. The molecule has 1 aromatic heterocycles. The Bertz CT molecular complexity index is 415. The molecule has 2 heterocycles. The van der Waals surface area contributed by atoms with Gasteiger partial charge < -0.3 is 9.64 Å². The second-order valence-electron chi connectivity index (χ2n) is 3.60. The van der Waals surface area contributed by atoms with Crippen LogP contribution in [0.25, 0.3) is 0 Å². The summed E-state index contributed by atoms with van der Waals surface area (Å²) in [7, 11) is 1.91. The lowest BCUT2D eigenvalue weighted by Crippen LogP contribution is -2.30. The van der Waals surface area contributed by atoms with E-state index in [1.165, 1.54) is 0 Å². The van der Waals surface area contributed by atoms with E-state index < -0.39 is 0 Å². The van der Waals surface area contributed by atoms with Gasteiger partial charge in [-0.25, -0.2) is 4.79 Å². The molecule has 0 amide bonds. The van der Waals surface area contributed by atoms with Gasteiger partial charge in [-0.05, 0) is 13.0 Å². The summed E-state index contributed by atoms with van der Waals surface area (Å²) in [4.78, 5) is 17.7. The second-order valence-corrected chi connectivity index (χ2v) is 4.58. The van der Waals surface area contributed by atoms with E-state index in [2.05, 4.69) is 4.98 Å². The van der Waals surface area contributed by atoms with Gasteiger partial charge in [0.15, 0.2) is 0 Å². The number of aromatic nitrogens is 2. The van der Waals surface area contributed by atoms with Crippen LogP contribution in [0.2, 0.25) is 0 Å². The fourth-order valence-corrected chi connectivity index (χ4v) is 2.29. The summed E-state index contributed by atoms with van der Waals surface area (Å²) in [6.07, 6.45) is 1.60. The molecule has 1 aliphatic heterocycles. The van der Waals surface area contributed by atoms with Crippen LogP contribution in [0, 0.1) is 0 Å². The zero-order chi connectivity index (χ0) is 11.5. The van der Waals surface area contributed by atoms with Crippen LogP contribution in [0.5, 0.6) is 0 Å². The van der Waals surface area contributed by atoms with Crippen LogP contribution in [0.1, 0.15) is 13.2 Å². The van der Waals surface area contributed by atoms with Crippen LogP contribution in [0.4, 0.5) is 5.82 Å². The fourth-order valence-electron chi connectivity index (χ4n) is 1.48. The maximum absolute atomic E-state index is 11.8. The third kappa shape index (κ3) is 2.22. The molecular weight excluding hydrogens is 226 g/mol. The largest absolute Gasteiger partial charge is 0.360 e. The first-order chi connectivity index (χ1) is 7.72. The molecule has 1 saturated heterocycles. The quantitative estimate of drug-likeness (QED) is 0.787.